The van der Waals surface area contributed by atoms with Gasteiger partial charge in [0, 0.05) is 37.5 Å². The van der Waals surface area contributed by atoms with Gasteiger partial charge in [0.2, 0.25) is 6.79 Å². The molecular weight excluding hydrogens is 350 g/mol. The molecule has 1 fully saturated rings. The second-order valence-corrected chi connectivity index (χ2v) is 7.56. The van der Waals surface area contributed by atoms with Crippen molar-refractivity contribution in [2.24, 2.45) is 4.99 Å². The van der Waals surface area contributed by atoms with Gasteiger partial charge in [0.1, 0.15) is 0 Å². The molecule has 0 unspecified atom stereocenters. The van der Waals surface area contributed by atoms with Crippen molar-refractivity contribution in [3.05, 3.63) is 23.8 Å². The minimum Gasteiger partial charge on any atom is -0.454 e. The molecule has 0 spiro atoms. The molecule has 0 amide bonds. The lowest BCUT2D eigenvalue weighted by atomic mass is 9.74. The van der Waals surface area contributed by atoms with Crippen molar-refractivity contribution in [2.75, 3.05) is 51.6 Å². The highest BCUT2D eigenvalue weighted by Crippen LogP contribution is 2.41. The SMILES string of the molecule is CCNC(=NCC1(c2ccc3c(c2)OCO3)CCOCC1)NCCSC. The van der Waals surface area contributed by atoms with E-state index < -0.39 is 0 Å². The van der Waals surface area contributed by atoms with Gasteiger partial charge in [-0.2, -0.15) is 11.8 Å². The van der Waals surface area contributed by atoms with E-state index >= 15 is 0 Å². The highest BCUT2D eigenvalue weighted by atomic mass is 32.2. The number of benzene rings is 1. The summed E-state index contributed by atoms with van der Waals surface area (Å²) in [7, 11) is 0. The first kappa shape index (κ1) is 19.2. The predicted molar refractivity (Wildman–Crippen MR) is 107 cm³/mol. The molecule has 0 aromatic heterocycles. The zero-order valence-electron chi connectivity index (χ0n) is 15.7. The summed E-state index contributed by atoms with van der Waals surface area (Å²) < 4.78 is 16.7. The Morgan fingerprint density at radius 3 is 2.77 bits per heavy atom. The van der Waals surface area contributed by atoms with Gasteiger partial charge >= 0.3 is 0 Å². The van der Waals surface area contributed by atoms with Crippen molar-refractivity contribution in [3.63, 3.8) is 0 Å². The lowest BCUT2D eigenvalue weighted by Gasteiger charge is -2.36. The molecule has 2 aliphatic heterocycles. The van der Waals surface area contributed by atoms with E-state index in [2.05, 4.69) is 35.9 Å². The molecule has 1 saturated heterocycles. The number of ether oxygens (including phenoxy) is 3. The number of nitrogens with zero attached hydrogens (tertiary/aromatic N) is 1. The van der Waals surface area contributed by atoms with Crippen molar-refractivity contribution in [3.8, 4) is 11.5 Å². The molecule has 0 saturated carbocycles. The molecule has 0 radical (unpaired) electrons. The third-order valence-corrected chi connectivity index (χ3v) is 5.53. The van der Waals surface area contributed by atoms with Crippen LogP contribution in [0.15, 0.2) is 23.2 Å². The van der Waals surface area contributed by atoms with Gasteiger partial charge in [-0.05, 0) is 43.7 Å². The van der Waals surface area contributed by atoms with Crippen LogP contribution in [0.3, 0.4) is 0 Å². The highest BCUT2D eigenvalue weighted by molar-refractivity contribution is 7.98. The zero-order chi connectivity index (χ0) is 18.2. The molecular formula is C19H29N3O3S. The van der Waals surface area contributed by atoms with Gasteiger partial charge in [0.15, 0.2) is 17.5 Å². The van der Waals surface area contributed by atoms with Crippen LogP contribution in [0.5, 0.6) is 11.5 Å². The maximum absolute atomic E-state index is 5.63. The lowest BCUT2D eigenvalue weighted by molar-refractivity contribution is 0.0530. The molecule has 26 heavy (non-hydrogen) atoms. The molecule has 6 nitrogen and oxygen atoms in total. The van der Waals surface area contributed by atoms with Gasteiger partial charge in [0.05, 0.1) is 6.54 Å². The number of guanidine groups is 1. The van der Waals surface area contributed by atoms with E-state index in [4.69, 9.17) is 19.2 Å². The minimum absolute atomic E-state index is 0.0267. The second-order valence-electron chi connectivity index (χ2n) is 6.58. The number of nitrogens with one attached hydrogen (secondary N) is 2. The van der Waals surface area contributed by atoms with E-state index in [1.165, 1.54) is 5.56 Å². The molecule has 2 heterocycles. The Hall–Kier alpha value is -1.60. The molecule has 1 aromatic rings. The standard InChI is InChI=1S/C19H29N3O3S/c1-3-20-18(21-8-11-26-2)22-13-19(6-9-23-10-7-19)15-4-5-16-17(12-15)25-14-24-16/h4-5,12H,3,6-11,13-14H2,1-2H3,(H2,20,21,22). The Kier molecular flexibility index (Phi) is 6.91. The molecule has 1 aromatic carbocycles. The van der Waals surface area contributed by atoms with E-state index in [0.29, 0.717) is 6.79 Å². The van der Waals surface area contributed by atoms with E-state index in [1.54, 1.807) is 0 Å². The monoisotopic (exact) mass is 379 g/mol. The van der Waals surface area contributed by atoms with Crippen molar-refractivity contribution in [1.29, 1.82) is 0 Å². The Labute approximate surface area is 160 Å². The highest BCUT2D eigenvalue weighted by Gasteiger charge is 2.35. The summed E-state index contributed by atoms with van der Waals surface area (Å²) in [6.45, 7) is 6.41. The fraction of sp³-hybridized carbons (Fsp3) is 0.632. The van der Waals surface area contributed by atoms with Crippen LogP contribution in [0.25, 0.3) is 0 Å². The second kappa shape index (κ2) is 9.37. The number of rotatable bonds is 7. The van der Waals surface area contributed by atoms with Gasteiger partial charge in [-0.3, -0.25) is 4.99 Å². The topological polar surface area (TPSA) is 64.1 Å². The van der Waals surface area contributed by atoms with Crippen LogP contribution in [0.4, 0.5) is 0 Å². The fourth-order valence-electron chi connectivity index (χ4n) is 3.37. The van der Waals surface area contributed by atoms with Crippen molar-refractivity contribution < 1.29 is 14.2 Å². The van der Waals surface area contributed by atoms with E-state index in [0.717, 1.165) is 68.9 Å². The van der Waals surface area contributed by atoms with Crippen LogP contribution in [0.1, 0.15) is 25.3 Å². The number of aliphatic imine (C=N–C) groups is 1. The average Bonchev–Trinajstić information content (AvgIpc) is 3.15. The molecule has 0 atom stereocenters. The van der Waals surface area contributed by atoms with Gasteiger partial charge in [-0.1, -0.05) is 6.07 Å². The summed E-state index contributed by atoms with van der Waals surface area (Å²) in [5.41, 5.74) is 1.23. The lowest BCUT2D eigenvalue weighted by Crippen LogP contribution is -2.41. The summed E-state index contributed by atoms with van der Waals surface area (Å²) in [4.78, 5) is 4.91. The fourth-order valence-corrected chi connectivity index (χ4v) is 3.68. The van der Waals surface area contributed by atoms with Gasteiger partial charge < -0.3 is 24.8 Å². The van der Waals surface area contributed by atoms with Crippen LogP contribution < -0.4 is 20.1 Å². The minimum atomic E-state index is -0.0267. The number of hydrogen-bond donors (Lipinski definition) is 2. The average molecular weight is 380 g/mol. The third kappa shape index (κ3) is 4.57. The molecule has 144 valence electrons. The number of thioether (sulfide) groups is 1. The molecule has 2 aliphatic rings. The first-order chi connectivity index (χ1) is 12.8. The molecule has 2 N–H and O–H groups in total. The van der Waals surface area contributed by atoms with Crippen LogP contribution >= 0.6 is 11.8 Å². The third-order valence-electron chi connectivity index (χ3n) is 4.92. The predicted octanol–water partition coefficient (Wildman–Crippen LogP) is 2.38. The maximum Gasteiger partial charge on any atom is 0.231 e. The maximum atomic E-state index is 5.63. The van der Waals surface area contributed by atoms with Gasteiger partial charge in [-0.15, -0.1) is 0 Å². The molecule has 3 rings (SSSR count). The molecule has 7 heteroatoms. The molecule has 0 aliphatic carbocycles. The number of hydrogen-bond acceptors (Lipinski definition) is 5. The number of fused-ring (bicyclic) bond motifs is 1. The van der Waals surface area contributed by atoms with Crippen molar-refractivity contribution >= 4 is 17.7 Å². The summed E-state index contributed by atoms with van der Waals surface area (Å²) in [6, 6.07) is 6.29. The quantitative estimate of drug-likeness (QED) is 0.431. The van der Waals surface area contributed by atoms with Gasteiger partial charge in [0.25, 0.3) is 0 Å². The van der Waals surface area contributed by atoms with Crippen LogP contribution in [0, 0.1) is 0 Å². The first-order valence-corrected chi connectivity index (χ1v) is 10.7. The first-order valence-electron chi connectivity index (χ1n) is 9.26. The van der Waals surface area contributed by atoms with Crippen molar-refractivity contribution in [2.45, 2.75) is 25.2 Å². The smallest absolute Gasteiger partial charge is 0.231 e. The zero-order valence-corrected chi connectivity index (χ0v) is 16.5. The van der Waals surface area contributed by atoms with E-state index in [9.17, 15) is 0 Å². The normalized spacial score (nSPS) is 18.6. The largest absolute Gasteiger partial charge is 0.454 e. The summed E-state index contributed by atoms with van der Waals surface area (Å²) in [5, 5.41) is 6.76. The van der Waals surface area contributed by atoms with Crippen LogP contribution in [-0.4, -0.2) is 57.6 Å². The Bertz CT molecular complexity index is 618. The van der Waals surface area contributed by atoms with Crippen LogP contribution in [-0.2, 0) is 10.2 Å². The van der Waals surface area contributed by atoms with Gasteiger partial charge in [-0.25, -0.2) is 0 Å². The van der Waals surface area contributed by atoms with E-state index in [-0.39, 0.29) is 5.41 Å². The summed E-state index contributed by atoms with van der Waals surface area (Å²) >= 11 is 1.83. The Balaban J connectivity index is 1.79. The van der Waals surface area contributed by atoms with Crippen LogP contribution in [0.2, 0.25) is 0 Å². The Morgan fingerprint density at radius 2 is 2.00 bits per heavy atom. The summed E-state index contributed by atoms with van der Waals surface area (Å²) in [6.07, 6.45) is 4.03. The summed E-state index contributed by atoms with van der Waals surface area (Å²) in [5.74, 6) is 3.60. The van der Waals surface area contributed by atoms with Crippen molar-refractivity contribution in [1.82, 2.24) is 10.6 Å². The van der Waals surface area contributed by atoms with E-state index in [1.807, 2.05) is 17.8 Å². The Morgan fingerprint density at radius 1 is 1.19 bits per heavy atom. The molecule has 0 bridgehead atoms.